The maximum absolute atomic E-state index is 11.0. The lowest BCUT2D eigenvalue weighted by Gasteiger charge is -2.14. The molecule has 0 spiro atoms. The smallest absolute Gasteiger partial charge is 0.315 e. The van der Waals surface area contributed by atoms with E-state index in [0.29, 0.717) is 0 Å². The highest BCUT2D eigenvalue weighted by molar-refractivity contribution is 5.77. The third kappa shape index (κ3) is 1.51. The number of amides is 2. The van der Waals surface area contributed by atoms with Crippen LogP contribution >= 0.6 is 0 Å². The summed E-state index contributed by atoms with van der Waals surface area (Å²) in [7, 11) is 0. The van der Waals surface area contributed by atoms with E-state index in [-0.39, 0.29) is 23.9 Å². The number of urea groups is 1. The second-order valence-corrected chi connectivity index (χ2v) is 3.48. The summed E-state index contributed by atoms with van der Waals surface area (Å²) in [5.41, 5.74) is 0.994. The molecule has 4 heteroatoms. The van der Waals surface area contributed by atoms with Crippen molar-refractivity contribution in [2.75, 3.05) is 0 Å². The molecule has 1 fully saturated rings. The summed E-state index contributed by atoms with van der Waals surface area (Å²) in [6, 6.07) is 6.78. The van der Waals surface area contributed by atoms with Crippen LogP contribution in [0.25, 0.3) is 0 Å². The van der Waals surface area contributed by atoms with Crippen molar-refractivity contribution in [3.8, 4) is 5.75 Å². The predicted molar refractivity (Wildman–Crippen MR) is 52.0 cm³/mol. The molecule has 2 rings (SSSR count). The van der Waals surface area contributed by atoms with Crippen LogP contribution in [0.5, 0.6) is 5.75 Å². The normalized spacial score (nSPS) is 25.6. The second kappa shape index (κ2) is 3.21. The van der Waals surface area contributed by atoms with Crippen molar-refractivity contribution in [3.63, 3.8) is 0 Å². The van der Waals surface area contributed by atoms with E-state index in [4.69, 9.17) is 5.11 Å². The van der Waals surface area contributed by atoms with Crippen LogP contribution in [-0.2, 0) is 0 Å². The Hall–Kier alpha value is -1.71. The molecule has 14 heavy (non-hydrogen) atoms. The first-order chi connectivity index (χ1) is 6.66. The van der Waals surface area contributed by atoms with Crippen LogP contribution in [0.2, 0.25) is 0 Å². The molecule has 2 atom stereocenters. The molecule has 3 N–H and O–H groups in total. The van der Waals surface area contributed by atoms with E-state index in [1.165, 1.54) is 0 Å². The van der Waals surface area contributed by atoms with Crippen LogP contribution in [0.3, 0.4) is 0 Å². The molecule has 1 aromatic rings. The quantitative estimate of drug-likeness (QED) is 0.624. The van der Waals surface area contributed by atoms with E-state index in [1.54, 1.807) is 12.1 Å². The third-order valence-electron chi connectivity index (χ3n) is 2.40. The minimum atomic E-state index is -0.143. The molecule has 4 nitrogen and oxygen atoms in total. The zero-order chi connectivity index (χ0) is 10.1. The van der Waals surface area contributed by atoms with E-state index in [1.807, 2.05) is 19.1 Å². The van der Waals surface area contributed by atoms with E-state index in [2.05, 4.69) is 10.6 Å². The minimum absolute atomic E-state index is 0.0110. The van der Waals surface area contributed by atoms with Gasteiger partial charge in [0.15, 0.2) is 0 Å². The minimum Gasteiger partial charge on any atom is -0.508 e. The highest BCUT2D eigenvalue weighted by Crippen LogP contribution is 2.22. The zero-order valence-corrected chi connectivity index (χ0v) is 7.82. The van der Waals surface area contributed by atoms with Crippen LogP contribution in [0.1, 0.15) is 18.5 Å². The Balaban J connectivity index is 2.23. The lowest BCUT2D eigenvalue weighted by molar-refractivity contribution is 0.247. The van der Waals surface area contributed by atoms with Crippen molar-refractivity contribution in [2.45, 2.75) is 19.0 Å². The SMILES string of the molecule is C[C@H]1NC(=O)N[C@H]1c1ccc(O)cc1. The van der Waals surface area contributed by atoms with Gasteiger partial charge in [0.2, 0.25) is 0 Å². The van der Waals surface area contributed by atoms with Gasteiger partial charge in [-0.25, -0.2) is 4.79 Å². The number of nitrogens with one attached hydrogen (secondary N) is 2. The Morgan fingerprint density at radius 3 is 2.36 bits per heavy atom. The summed E-state index contributed by atoms with van der Waals surface area (Å²) in [5.74, 6) is 0.235. The number of carbonyl (C=O) groups excluding carboxylic acids is 1. The number of hydrogen-bond donors (Lipinski definition) is 3. The molecule has 0 saturated carbocycles. The van der Waals surface area contributed by atoms with Crippen molar-refractivity contribution >= 4 is 6.03 Å². The topological polar surface area (TPSA) is 61.4 Å². The second-order valence-electron chi connectivity index (χ2n) is 3.48. The summed E-state index contributed by atoms with van der Waals surface area (Å²) in [6.45, 7) is 1.94. The Morgan fingerprint density at radius 2 is 1.86 bits per heavy atom. The summed E-state index contributed by atoms with van der Waals surface area (Å²) < 4.78 is 0. The average Bonchev–Trinajstić information content (AvgIpc) is 2.47. The van der Waals surface area contributed by atoms with Gasteiger partial charge in [0, 0.05) is 0 Å². The summed E-state index contributed by atoms with van der Waals surface area (Å²) in [5, 5.41) is 14.7. The number of aromatic hydroxyl groups is 1. The van der Waals surface area contributed by atoms with E-state index >= 15 is 0 Å². The molecule has 1 aromatic carbocycles. The first-order valence-corrected chi connectivity index (χ1v) is 4.53. The summed E-state index contributed by atoms with van der Waals surface area (Å²) in [4.78, 5) is 11.0. The van der Waals surface area contributed by atoms with E-state index in [9.17, 15) is 4.79 Å². The highest BCUT2D eigenvalue weighted by Gasteiger charge is 2.28. The van der Waals surface area contributed by atoms with Gasteiger partial charge >= 0.3 is 6.03 Å². The van der Waals surface area contributed by atoms with Gasteiger partial charge in [-0.1, -0.05) is 12.1 Å². The number of hydrogen-bond acceptors (Lipinski definition) is 2. The first-order valence-electron chi connectivity index (χ1n) is 4.53. The van der Waals surface area contributed by atoms with Crippen molar-refractivity contribution in [2.24, 2.45) is 0 Å². The summed E-state index contributed by atoms with van der Waals surface area (Å²) >= 11 is 0. The largest absolute Gasteiger partial charge is 0.508 e. The molecular formula is C10H12N2O2. The van der Waals surface area contributed by atoms with Gasteiger partial charge in [-0.2, -0.15) is 0 Å². The fourth-order valence-corrected chi connectivity index (χ4v) is 1.65. The van der Waals surface area contributed by atoms with Crippen LogP contribution < -0.4 is 10.6 Å². The van der Waals surface area contributed by atoms with E-state index in [0.717, 1.165) is 5.56 Å². The Morgan fingerprint density at radius 1 is 1.21 bits per heavy atom. The van der Waals surface area contributed by atoms with Crippen LogP contribution in [0.15, 0.2) is 24.3 Å². The van der Waals surface area contributed by atoms with Gasteiger partial charge in [0.05, 0.1) is 12.1 Å². The fourth-order valence-electron chi connectivity index (χ4n) is 1.65. The molecule has 1 aliphatic rings. The van der Waals surface area contributed by atoms with Crippen LogP contribution in [-0.4, -0.2) is 17.2 Å². The van der Waals surface area contributed by atoms with Crippen LogP contribution in [0.4, 0.5) is 4.79 Å². The molecule has 0 bridgehead atoms. The molecular weight excluding hydrogens is 180 g/mol. The lowest BCUT2D eigenvalue weighted by atomic mass is 10.0. The first kappa shape index (κ1) is 8.87. The molecule has 1 heterocycles. The Kier molecular flexibility index (Phi) is 2.04. The van der Waals surface area contributed by atoms with Crippen molar-refractivity contribution in [1.82, 2.24) is 10.6 Å². The fraction of sp³-hybridized carbons (Fsp3) is 0.300. The van der Waals surface area contributed by atoms with E-state index < -0.39 is 0 Å². The highest BCUT2D eigenvalue weighted by atomic mass is 16.3. The number of benzene rings is 1. The van der Waals surface area contributed by atoms with Gasteiger partial charge < -0.3 is 15.7 Å². The van der Waals surface area contributed by atoms with Crippen LogP contribution in [0, 0.1) is 0 Å². The number of carbonyl (C=O) groups is 1. The lowest BCUT2D eigenvalue weighted by Crippen LogP contribution is -2.23. The molecule has 74 valence electrons. The standard InChI is InChI=1S/C10H12N2O2/c1-6-9(12-10(14)11-6)7-2-4-8(13)5-3-7/h2-6,9,13H,1H3,(H2,11,12,14)/t6-,9-/m1/s1. The maximum Gasteiger partial charge on any atom is 0.315 e. The van der Waals surface area contributed by atoms with Crippen molar-refractivity contribution < 1.29 is 9.90 Å². The number of rotatable bonds is 1. The maximum atomic E-state index is 11.0. The molecule has 2 amide bonds. The van der Waals surface area contributed by atoms with Gasteiger partial charge in [0.1, 0.15) is 5.75 Å². The average molecular weight is 192 g/mol. The predicted octanol–water partition coefficient (Wildman–Crippen LogP) is 1.13. The summed E-state index contributed by atoms with van der Waals surface area (Å²) in [6.07, 6.45) is 0. The number of phenolic OH excluding ortho intramolecular Hbond substituents is 1. The van der Waals surface area contributed by atoms with Crippen molar-refractivity contribution in [3.05, 3.63) is 29.8 Å². The molecule has 1 aliphatic heterocycles. The number of phenols is 1. The van der Waals surface area contributed by atoms with Gasteiger partial charge in [-0.15, -0.1) is 0 Å². The molecule has 1 saturated heterocycles. The molecule has 0 aromatic heterocycles. The van der Waals surface area contributed by atoms with Crippen molar-refractivity contribution in [1.29, 1.82) is 0 Å². The molecule has 0 aliphatic carbocycles. The molecule has 0 unspecified atom stereocenters. The Labute approximate surface area is 81.9 Å². The Bertz CT molecular complexity index is 348. The third-order valence-corrected chi connectivity index (χ3v) is 2.40. The van der Waals surface area contributed by atoms with Gasteiger partial charge in [-0.05, 0) is 24.6 Å². The monoisotopic (exact) mass is 192 g/mol. The van der Waals surface area contributed by atoms with Gasteiger partial charge in [-0.3, -0.25) is 0 Å². The zero-order valence-electron chi connectivity index (χ0n) is 7.82. The molecule has 0 radical (unpaired) electrons. The van der Waals surface area contributed by atoms with Gasteiger partial charge in [0.25, 0.3) is 0 Å².